The van der Waals surface area contributed by atoms with E-state index in [4.69, 9.17) is 0 Å². The van der Waals surface area contributed by atoms with Crippen LogP contribution in [0.15, 0.2) is 0 Å². The molecule has 0 spiro atoms. The Morgan fingerprint density at radius 1 is 1.48 bits per heavy atom. The number of piperazine rings is 1. The maximum atomic E-state index is 12.6. The van der Waals surface area contributed by atoms with Gasteiger partial charge in [-0.05, 0) is 6.92 Å². The predicted octanol–water partition coefficient (Wildman–Crippen LogP) is -0.860. The van der Waals surface area contributed by atoms with Crippen LogP contribution in [0.2, 0.25) is 0 Å². The molecule has 2 saturated heterocycles. The van der Waals surface area contributed by atoms with Crippen LogP contribution in [-0.2, 0) is 7.05 Å². The van der Waals surface area contributed by atoms with Crippen molar-refractivity contribution in [1.29, 1.82) is 0 Å². The minimum atomic E-state index is -0.507. The lowest BCUT2D eigenvalue weighted by molar-refractivity contribution is -0.916. The van der Waals surface area contributed by atoms with Crippen LogP contribution in [-0.4, -0.2) is 57.7 Å². The summed E-state index contributed by atoms with van der Waals surface area (Å²) in [6.45, 7) is 5.05. The fraction of sp³-hybridized carbons (Fsp3) is 0.692. The van der Waals surface area contributed by atoms with E-state index in [1.807, 2.05) is 0 Å². The van der Waals surface area contributed by atoms with Gasteiger partial charge in [-0.25, -0.2) is 0 Å². The van der Waals surface area contributed by atoms with Crippen molar-refractivity contribution < 1.29 is 14.6 Å². The fourth-order valence-electron chi connectivity index (χ4n) is 3.46. The van der Waals surface area contributed by atoms with Crippen molar-refractivity contribution >= 4 is 11.6 Å². The molecule has 2 aliphatic rings. The largest absolute Gasteiger partial charge is 0.330 e. The van der Waals surface area contributed by atoms with Gasteiger partial charge in [-0.1, -0.05) is 0 Å². The van der Waals surface area contributed by atoms with Crippen molar-refractivity contribution in [3.63, 3.8) is 0 Å². The summed E-state index contributed by atoms with van der Waals surface area (Å²) >= 11 is 0. The van der Waals surface area contributed by atoms with Crippen molar-refractivity contribution in [1.82, 2.24) is 14.7 Å². The van der Waals surface area contributed by atoms with Crippen LogP contribution < -0.4 is 4.90 Å². The first-order valence-corrected chi connectivity index (χ1v) is 7.31. The molecule has 2 fully saturated rings. The number of carbonyl (C=O) groups excluding carboxylic acids is 1. The number of carbonyl (C=O) groups is 1. The highest BCUT2D eigenvalue weighted by molar-refractivity contribution is 5.96. The van der Waals surface area contributed by atoms with E-state index >= 15 is 0 Å². The monoisotopic (exact) mass is 294 g/mol. The standard InChI is InChI=1S/C13H19N5O3/c1-9-12(18(20)21)11(14-15(9)2)13(19)17-7-6-16-5-3-4-10(16)8-17/h10H,3-8H2,1-2H3/p+1/t10-/m0/s1. The lowest BCUT2D eigenvalue weighted by Crippen LogP contribution is -3.16. The lowest BCUT2D eigenvalue weighted by atomic mass is 10.1. The van der Waals surface area contributed by atoms with Gasteiger partial charge in [-0.15, -0.1) is 0 Å². The van der Waals surface area contributed by atoms with E-state index in [1.54, 1.807) is 23.8 Å². The van der Waals surface area contributed by atoms with Crippen LogP contribution >= 0.6 is 0 Å². The summed E-state index contributed by atoms with van der Waals surface area (Å²) in [6, 6.07) is 0.478. The Balaban J connectivity index is 1.85. The third-order valence-electron chi connectivity index (χ3n) is 4.75. The second-order valence-corrected chi connectivity index (χ2v) is 5.91. The van der Waals surface area contributed by atoms with E-state index in [1.165, 1.54) is 17.6 Å². The Morgan fingerprint density at radius 2 is 2.24 bits per heavy atom. The van der Waals surface area contributed by atoms with E-state index in [0.717, 1.165) is 13.0 Å². The molecule has 1 N–H and O–H groups in total. The summed E-state index contributed by atoms with van der Waals surface area (Å²) in [5.74, 6) is -0.309. The number of rotatable bonds is 2. The van der Waals surface area contributed by atoms with E-state index in [9.17, 15) is 14.9 Å². The van der Waals surface area contributed by atoms with Gasteiger partial charge in [-0.2, -0.15) is 5.10 Å². The van der Waals surface area contributed by atoms with Crippen molar-refractivity contribution in [2.45, 2.75) is 25.8 Å². The van der Waals surface area contributed by atoms with Crippen molar-refractivity contribution in [3.05, 3.63) is 21.5 Å². The quantitative estimate of drug-likeness (QED) is 0.568. The molecule has 8 nitrogen and oxygen atoms in total. The highest BCUT2D eigenvalue weighted by Crippen LogP contribution is 2.24. The Morgan fingerprint density at radius 3 is 2.95 bits per heavy atom. The highest BCUT2D eigenvalue weighted by Gasteiger charge is 2.39. The molecule has 0 aliphatic carbocycles. The number of aryl methyl sites for hydroxylation is 1. The fourth-order valence-corrected chi connectivity index (χ4v) is 3.46. The SMILES string of the molecule is Cc1c([N+](=O)[O-])c(C(=O)N2CC[NH+]3CCC[C@H]3C2)nn1C. The number of hydrogen-bond donors (Lipinski definition) is 1. The first kappa shape index (κ1) is 14.0. The maximum Gasteiger partial charge on any atom is 0.322 e. The molecular weight excluding hydrogens is 274 g/mol. The second kappa shape index (κ2) is 5.10. The highest BCUT2D eigenvalue weighted by atomic mass is 16.6. The number of nitrogens with one attached hydrogen (secondary N) is 1. The molecule has 1 aromatic heterocycles. The summed E-state index contributed by atoms with van der Waals surface area (Å²) in [7, 11) is 1.62. The zero-order valence-electron chi connectivity index (χ0n) is 12.3. The lowest BCUT2D eigenvalue weighted by Gasteiger charge is -2.34. The summed E-state index contributed by atoms with van der Waals surface area (Å²) in [6.07, 6.45) is 2.33. The van der Waals surface area contributed by atoms with Gasteiger partial charge in [0.05, 0.1) is 31.1 Å². The van der Waals surface area contributed by atoms with E-state index in [0.29, 0.717) is 24.8 Å². The van der Waals surface area contributed by atoms with Gasteiger partial charge in [0.15, 0.2) is 0 Å². The molecule has 2 aliphatic heterocycles. The second-order valence-electron chi connectivity index (χ2n) is 5.91. The molecule has 3 heterocycles. The van der Waals surface area contributed by atoms with Crippen LogP contribution in [0.1, 0.15) is 29.0 Å². The summed E-state index contributed by atoms with van der Waals surface area (Å²) in [5.41, 5.74) is 0.221. The first-order valence-electron chi connectivity index (χ1n) is 7.31. The minimum Gasteiger partial charge on any atom is -0.330 e. The number of fused-ring (bicyclic) bond motifs is 1. The van der Waals surface area contributed by atoms with Crippen LogP contribution in [0.25, 0.3) is 0 Å². The van der Waals surface area contributed by atoms with Crippen LogP contribution in [0.3, 0.4) is 0 Å². The Hall–Kier alpha value is -1.96. The maximum absolute atomic E-state index is 12.6. The van der Waals surface area contributed by atoms with Gasteiger partial charge in [0, 0.05) is 19.9 Å². The summed E-state index contributed by atoms with van der Waals surface area (Å²) in [4.78, 5) is 26.6. The molecule has 2 atom stereocenters. The predicted molar refractivity (Wildman–Crippen MR) is 74.2 cm³/mol. The van der Waals surface area contributed by atoms with E-state index in [2.05, 4.69) is 5.10 Å². The van der Waals surface area contributed by atoms with Gasteiger partial charge in [0.2, 0.25) is 5.69 Å². The van der Waals surface area contributed by atoms with Crippen molar-refractivity contribution in [3.8, 4) is 0 Å². The van der Waals surface area contributed by atoms with Crippen molar-refractivity contribution in [2.75, 3.05) is 26.2 Å². The molecule has 1 aromatic rings. The smallest absolute Gasteiger partial charge is 0.322 e. The van der Waals surface area contributed by atoms with E-state index < -0.39 is 4.92 Å². The molecule has 1 unspecified atom stereocenters. The van der Waals surface area contributed by atoms with Gasteiger partial charge in [-0.3, -0.25) is 19.6 Å². The average molecular weight is 294 g/mol. The molecule has 3 rings (SSSR count). The molecule has 0 aromatic carbocycles. The number of quaternary nitrogens is 1. The normalized spacial score (nSPS) is 25.0. The van der Waals surface area contributed by atoms with Crippen LogP contribution in [0.5, 0.6) is 0 Å². The molecule has 0 saturated carbocycles. The van der Waals surface area contributed by atoms with Gasteiger partial charge in [0.25, 0.3) is 5.91 Å². The Labute approximate surface area is 122 Å². The number of hydrogen-bond acceptors (Lipinski definition) is 4. The topological polar surface area (TPSA) is 85.7 Å². The van der Waals surface area contributed by atoms with E-state index in [-0.39, 0.29) is 17.3 Å². The number of nitrogens with zero attached hydrogens (tertiary/aromatic N) is 4. The molecule has 0 radical (unpaired) electrons. The molecule has 0 bridgehead atoms. The number of amides is 1. The van der Waals surface area contributed by atoms with Gasteiger partial charge < -0.3 is 9.80 Å². The molecule has 1 amide bonds. The minimum absolute atomic E-state index is 0.0264. The summed E-state index contributed by atoms with van der Waals surface area (Å²) < 4.78 is 1.41. The average Bonchev–Trinajstić information content (AvgIpc) is 3.02. The molecule has 21 heavy (non-hydrogen) atoms. The van der Waals surface area contributed by atoms with Crippen molar-refractivity contribution in [2.24, 2.45) is 7.05 Å². The third kappa shape index (κ3) is 2.29. The number of aromatic nitrogens is 2. The molecular formula is C13H20N5O3+. The molecule has 114 valence electrons. The van der Waals surface area contributed by atoms with Crippen LogP contribution in [0, 0.1) is 17.0 Å². The molecule has 8 heteroatoms. The first-order chi connectivity index (χ1) is 9.99. The van der Waals surface area contributed by atoms with Gasteiger partial charge >= 0.3 is 5.69 Å². The zero-order chi connectivity index (χ0) is 15.1. The summed E-state index contributed by atoms with van der Waals surface area (Å²) in [5, 5.41) is 15.3. The Bertz CT molecular complexity index is 597. The number of nitro groups is 1. The third-order valence-corrected chi connectivity index (χ3v) is 4.75. The van der Waals surface area contributed by atoms with Crippen LogP contribution in [0.4, 0.5) is 5.69 Å². The zero-order valence-corrected chi connectivity index (χ0v) is 12.3. The van der Waals surface area contributed by atoms with Gasteiger partial charge in [0.1, 0.15) is 11.7 Å². The Kier molecular flexibility index (Phi) is 3.40.